The number of carbonyl (C=O) groups excluding carboxylic acids is 1. The molecule has 4 nitrogen and oxygen atoms in total. The van der Waals surface area contributed by atoms with Crippen LogP contribution < -0.4 is 10.6 Å². The zero-order valence-electron chi connectivity index (χ0n) is 10.9. The van der Waals surface area contributed by atoms with Crippen molar-refractivity contribution in [2.24, 2.45) is 5.92 Å². The Morgan fingerprint density at radius 2 is 2.10 bits per heavy atom. The normalized spacial score (nSPS) is 22.0. The van der Waals surface area contributed by atoms with Crippen LogP contribution in [-0.4, -0.2) is 31.7 Å². The molecule has 1 aliphatic heterocycles. The van der Waals surface area contributed by atoms with E-state index in [2.05, 4.69) is 10.6 Å². The summed E-state index contributed by atoms with van der Waals surface area (Å²) in [7, 11) is 0. The average molecular weight is 288 g/mol. The summed E-state index contributed by atoms with van der Waals surface area (Å²) in [5.74, 6) is -4.63. The molecule has 1 amide bonds. The quantitative estimate of drug-likeness (QED) is 0.829. The highest BCUT2D eigenvalue weighted by Crippen LogP contribution is 2.22. The highest BCUT2D eigenvalue weighted by molar-refractivity contribution is 5.93. The Morgan fingerprint density at radius 1 is 1.35 bits per heavy atom. The van der Waals surface area contributed by atoms with Gasteiger partial charge < -0.3 is 15.4 Å². The van der Waals surface area contributed by atoms with Crippen molar-refractivity contribution in [2.75, 3.05) is 25.1 Å². The first-order chi connectivity index (χ1) is 9.52. The molecule has 1 saturated heterocycles. The van der Waals surface area contributed by atoms with Gasteiger partial charge in [-0.15, -0.1) is 0 Å². The number of rotatable bonds is 4. The Balaban J connectivity index is 2.12. The summed E-state index contributed by atoms with van der Waals surface area (Å²) in [6.45, 7) is 3.09. The number of halogens is 3. The van der Waals surface area contributed by atoms with E-state index in [1.54, 1.807) is 0 Å². The summed E-state index contributed by atoms with van der Waals surface area (Å²) in [5, 5.41) is 5.28. The second-order valence-corrected chi connectivity index (χ2v) is 4.55. The molecule has 0 bridgehead atoms. The van der Waals surface area contributed by atoms with Crippen LogP contribution in [0.2, 0.25) is 0 Å². The molecule has 2 N–H and O–H groups in total. The predicted octanol–water partition coefficient (Wildman–Crippen LogP) is 1.67. The molecular formula is C13H15F3N2O2. The van der Waals surface area contributed by atoms with E-state index in [9.17, 15) is 18.0 Å². The zero-order valence-corrected chi connectivity index (χ0v) is 10.9. The van der Waals surface area contributed by atoms with E-state index in [0.717, 1.165) is 6.07 Å². The standard InChI is InChI=1S/C13H15F3N2O2/c1-2-17-11-6-20-5-8(11)13(19)18-10-4-7(14)3-9(15)12(10)16/h3-4,8,11,17H,2,5-6H2,1H3,(H,18,19). The molecule has 20 heavy (non-hydrogen) atoms. The largest absolute Gasteiger partial charge is 0.379 e. The third-order valence-electron chi connectivity index (χ3n) is 3.13. The molecule has 2 unspecified atom stereocenters. The number of hydrogen-bond acceptors (Lipinski definition) is 3. The van der Waals surface area contributed by atoms with Crippen molar-refractivity contribution in [1.82, 2.24) is 5.32 Å². The summed E-state index contributed by atoms with van der Waals surface area (Å²) in [6.07, 6.45) is 0. The lowest BCUT2D eigenvalue weighted by Gasteiger charge is -2.18. The smallest absolute Gasteiger partial charge is 0.231 e. The van der Waals surface area contributed by atoms with Crippen molar-refractivity contribution < 1.29 is 22.7 Å². The molecule has 1 aromatic carbocycles. The third-order valence-corrected chi connectivity index (χ3v) is 3.13. The van der Waals surface area contributed by atoms with E-state index >= 15 is 0 Å². The number of amides is 1. The average Bonchev–Trinajstić information content (AvgIpc) is 2.84. The van der Waals surface area contributed by atoms with E-state index in [0.29, 0.717) is 19.2 Å². The fourth-order valence-corrected chi connectivity index (χ4v) is 2.15. The first kappa shape index (κ1) is 14.8. The second-order valence-electron chi connectivity index (χ2n) is 4.55. The van der Waals surface area contributed by atoms with Gasteiger partial charge >= 0.3 is 0 Å². The third kappa shape index (κ3) is 3.10. The Morgan fingerprint density at radius 3 is 2.80 bits per heavy atom. The highest BCUT2D eigenvalue weighted by atomic mass is 19.2. The number of nitrogens with one attached hydrogen (secondary N) is 2. The molecule has 1 fully saturated rings. The van der Waals surface area contributed by atoms with Crippen LogP contribution in [0.4, 0.5) is 18.9 Å². The highest BCUT2D eigenvalue weighted by Gasteiger charge is 2.34. The van der Waals surface area contributed by atoms with Gasteiger partial charge in [0.25, 0.3) is 0 Å². The van der Waals surface area contributed by atoms with Gasteiger partial charge in [-0.2, -0.15) is 0 Å². The van der Waals surface area contributed by atoms with Gasteiger partial charge in [0, 0.05) is 18.2 Å². The maximum Gasteiger partial charge on any atom is 0.231 e. The van der Waals surface area contributed by atoms with Crippen LogP contribution in [-0.2, 0) is 9.53 Å². The van der Waals surface area contributed by atoms with Crippen LogP contribution in [0.5, 0.6) is 0 Å². The van der Waals surface area contributed by atoms with Gasteiger partial charge in [0.2, 0.25) is 5.91 Å². The van der Waals surface area contributed by atoms with Crippen LogP contribution >= 0.6 is 0 Å². The number of hydrogen-bond donors (Lipinski definition) is 2. The Kier molecular flexibility index (Phi) is 4.61. The van der Waals surface area contributed by atoms with Crippen molar-refractivity contribution in [1.29, 1.82) is 0 Å². The fourth-order valence-electron chi connectivity index (χ4n) is 2.15. The Hall–Kier alpha value is -1.60. The minimum atomic E-state index is -1.34. The summed E-state index contributed by atoms with van der Waals surface area (Å²) >= 11 is 0. The summed E-state index contributed by atoms with van der Waals surface area (Å²) < 4.78 is 44.8. The number of benzene rings is 1. The lowest BCUT2D eigenvalue weighted by atomic mass is 10.0. The molecule has 0 radical (unpaired) electrons. The Labute approximate surface area is 114 Å². The molecule has 110 valence electrons. The van der Waals surface area contributed by atoms with E-state index in [1.165, 1.54) is 0 Å². The maximum atomic E-state index is 13.5. The van der Waals surface area contributed by atoms with Gasteiger partial charge in [-0.1, -0.05) is 6.92 Å². The van der Waals surface area contributed by atoms with Crippen molar-refractivity contribution in [3.63, 3.8) is 0 Å². The molecule has 0 aliphatic carbocycles. The second kappa shape index (κ2) is 6.23. The number of likely N-dealkylation sites (N-methyl/N-ethyl adjacent to an activating group) is 1. The lowest BCUT2D eigenvalue weighted by Crippen LogP contribution is -2.41. The van der Waals surface area contributed by atoms with Crippen LogP contribution in [0, 0.1) is 23.4 Å². The molecule has 7 heteroatoms. The number of carbonyl (C=O) groups is 1. The van der Waals surface area contributed by atoms with Gasteiger partial charge in [-0.3, -0.25) is 4.79 Å². The van der Waals surface area contributed by atoms with E-state index in [-0.39, 0.29) is 12.6 Å². The molecule has 1 aromatic rings. The molecule has 1 heterocycles. The lowest BCUT2D eigenvalue weighted by molar-refractivity contribution is -0.120. The number of anilines is 1. The van der Waals surface area contributed by atoms with Gasteiger partial charge in [-0.25, -0.2) is 13.2 Å². The van der Waals surface area contributed by atoms with E-state index < -0.39 is 35.0 Å². The molecule has 0 saturated carbocycles. The number of ether oxygens (including phenoxy) is 1. The summed E-state index contributed by atoms with van der Waals surface area (Å²) in [6, 6.07) is 0.973. The molecule has 1 aliphatic rings. The van der Waals surface area contributed by atoms with E-state index in [1.807, 2.05) is 6.92 Å². The van der Waals surface area contributed by atoms with Crippen LogP contribution in [0.15, 0.2) is 12.1 Å². The van der Waals surface area contributed by atoms with Crippen LogP contribution in [0.25, 0.3) is 0 Å². The predicted molar refractivity (Wildman–Crippen MR) is 66.7 cm³/mol. The van der Waals surface area contributed by atoms with Crippen molar-refractivity contribution in [3.8, 4) is 0 Å². The summed E-state index contributed by atoms with van der Waals surface area (Å²) in [4.78, 5) is 12.0. The van der Waals surface area contributed by atoms with Gasteiger partial charge in [0.1, 0.15) is 5.82 Å². The van der Waals surface area contributed by atoms with Gasteiger partial charge in [0.05, 0.1) is 24.8 Å². The fraction of sp³-hybridized carbons (Fsp3) is 0.462. The van der Waals surface area contributed by atoms with Crippen LogP contribution in [0.3, 0.4) is 0 Å². The first-order valence-corrected chi connectivity index (χ1v) is 6.29. The van der Waals surface area contributed by atoms with Crippen molar-refractivity contribution in [3.05, 3.63) is 29.6 Å². The van der Waals surface area contributed by atoms with Gasteiger partial charge in [-0.05, 0) is 6.54 Å². The van der Waals surface area contributed by atoms with Gasteiger partial charge in [0.15, 0.2) is 11.6 Å². The van der Waals surface area contributed by atoms with Crippen molar-refractivity contribution >= 4 is 11.6 Å². The van der Waals surface area contributed by atoms with E-state index in [4.69, 9.17) is 4.74 Å². The molecule has 2 atom stereocenters. The Bertz CT molecular complexity index is 511. The molecular weight excluding hydrogens is 273 g/mol. The molecule has 0 aromatic heterocycles. The first-order valence-electron chi connectivity index (χ1n) is 6.29. The molecule has 0 spiro atoms. The topological polar surface area (TPSA) is 50.4 Å². The zero-order chi connectivity index (χ0) is 14.7. The minimum absolute atomic E-state index is 0.183. The maximum absolute atomic E-state index is 13.5. The minimum Gasteiger partial charge on any atom is -0.379 e. The SMILES string of the molecule is CCNC1COCC1C(=O)Nc1cc(F)cc(F)c1F. The van der Waals surface area contributed by atoms with Crippen molar-refractivity contribution in [2.45, 2.75) is 13.0 Å². The molecule has 2 rings (SSSR count). The monoisotopic (exact) mass is 288 g/mol. The summed E-state index contributed by atoms with van der Waals surface area (Å²) in [5.41, 5.74) is -0.505. The van der Waals surface area contributed by atoms with Crippen LogP contribution in [0.1, 0.15) is 6.92 Å².